The van der Waals surface area contributed by atoms with E-state index in [4.69, 9.17) is 11.6 Å². The summed E-state index contributed by atoms with van der Waals surface area (Å²) in [6.07, 6.45) is 1.68. The first-order valence-corrected chi connectivity index (χ1v) is 11.0. The van der Waals surface area contributed by atoms with Gasteiger partial charge in [0.2, 0.25) is 5.91 Å². The van der Waals surface area contributed by atoms with E-state index >= 15 is 0 Å². The molecular formula is C22H21ClFN5O2S. The Kier molecular flexibility index (Phi) is 8.02. The molecule has 3 aromatic rings. The van der Waals surface area contributed by atoms with Gasteiger partial charge in [0, 0.05) is 22.8 Å². The smallest absolute Gasteiger partial charge is 0.251 e. The number of hydrogen-bond acceptors (Lipinski definition) is 5. The van der Waals surface area contributed by atoms with Crippen LogP contribution in [-0.4, -0.2) is 32.3 Å². The fourth-order valence-corrected chi connectivity index (χ4v) is 3.75. The summed E-state index contributed by atoms with van der Waals surface area (Å²) < 4.78 is 15.1. The van der Waals surface area contributed by atoms with E-state index in [0.29, 0.717) is 33.8 Å². The third-order valence-electron chi connectivity index (χ3n) is 4.34. The van der Waals surface area contributed by atoms with E-state index in [0.717, 1.165) is 0 Å². The van der Waals surface area contributed by atoms with Gasteiger partial charge in [0.25, 0.3) is 5.91 Å². The van der Waals surface area contributed by atoms with Gasteiger partial charge < -0.3 is 15.2 Å². The lowest BCUT2D eigenvalue weighted by atomic mass is 10.2. The van der Waals surface area contributed by atoms with Crippen LogP contribution in [0.15, 0.2) is 66.3 Å². The third kappa shape index (κ3) is 6.18. The Labute approximate surface area is 194 Å². The number of rotatable bonds is 9. The summed E-state index contributed by atoms with van der Waals surface area (Å²) in [5, 5.41) is 14.9. The number of benzene rings is 2. The van der Waals surface area contributed by atoms with Crippen molar-refractivity contribution in [2.24, 2.45) is 0 Å². The molecule has 0 bridgehead atoms. The number of hydrogen-bond donors (Lipinski definition) is 2. The second-order valence-corrected chi connectivity index (χ2v) is 8.17. The van der Waals surface area contributed by atoms with Gasteiger partial charge in [-0.25, -0.2) is 4.39 Å². The van der Waals surface area contributed by atoms with Crippen LogP contribution in [0.5, 0.6) is 0 Å². The Hall–Kier alpha value is -3.17. The van der Waals surface area contributed by atoms with E-state index in [1.807, 2.05) is 0 Å². The second kappa shape index (κ2) is 10.9. The molecule has 1 aromatic heterocycles. The molecule has 2 N–H and O–H groups in total. The standard InChI is InChI=1S/C22H21ClFN5O2S/c1-3-11-29-20(14(2)25-21(31)15-7-9-16(23)10-8-15)27-28-22(29)32-13-19(30)26-18-6-4-5-17(24)12-18/h3-10,12,14H,1,11,13H2,2H3,(H,25,31)(H,26,30)/t14-/m0/s1. The molecule has 2 amide bonds. The maximum absolute atomic E-state index is 13.3. The second-order valence-electron chi connectivity index (χ2n) is 6.79. The molecule has 0 aliphatic heterocycles. The number of amides is 2. The van der Waals surface area contributed by atoms with Gasteiger partial charge >= 0.3 is 0 Å². The van der Waals surface area contributed by atoms with E-state index in [2.05, 4.69) is 27.4 Å². The summed E-state index contributed by atoms with van der Waals surface area (Å²) in [6, 6.07) is 11.8. The minimum Gasteiger partial charge on any atom is -0.342 e. The van der Waals surface area contributed by atoms with Crippen molar-refractivity contribution in [1.82, 2.24) is 20.1 Å². The Balaban J connectivity index is 1.66. The van der Waals surface area contributed by atoms with Gasteiger partial charge in [-0.15, -0.1) is 16.8 Å². The molecule has 10 heteroatoms. The van der Waals surface area contributed by atoms with Crippen molar-refractivity contribution >= 4 is 40.9 Å². The van der Waals surface area contributed by atoms with Crippen LogP contribution in [0.4, 0.5) is 10.1 Å². The van der Waals surface area contributed by atoms with Crippen LogP contribution in [0.2, 0.25) is 5.02 Å². The van der Waals surface area contributed by atoms with E-state index in [9.17, 15) is 14.0 Å². The van der Waals surface area contributed by atoms with Crippen LogP contribution in [0.1, 0.15) is 29.1 Å². The van der Waals surface area contributed by atoms with Crippen molar-refractivity contribution in [3.05, 3.63) is 83.4 Å². The van der Waals surface area contributed by atoms with Crippen molar-refractivity contribution in [3.63, 3.8) is 0 Å². The molecule has 0 aliphatic carbocycles. The molecule has 0 fully saturated rings. The number of allylic oxidation sites excluding steroid dienone is 1. The van der Waals surface area contributed by atoms with Gasteiger partial charge in [-0.05, 0) is 49.4 Å². The Morgan fingerprint density at radius 2 is 2.00 bits per heavy atom. The average Bonchev–Trinajstić information content (AvgIpc) is 3.15. The predicted octanol–water partition coefficient (Wildman–Crippen LogP) is 4.48. The zero-order valence-electron chi connectivity index (χ0n) is 17.2. The molecule has 32 heavy (non-hydrogen) atoms. The first-order chi connectivity index (χ1) is 15.4. The number of nitrogens with zero attached hydrogens (tertiary/aromatic N) is 3. The van der Waals surface area contributed by atoms with Crippen molar-refractivity contribution in [2.45, 2.75) is 24.7 Å². The topological polar surface area (TPSA) is 88.9 Å². The molecule has 166 valence electrons. The van der Waals surface area contributed by atoms with Crippen LogP contribution < -0.4 is 10.6 Å². The maximum Gasteiger partial charge on any atom is 0.251 e. The Bertz CT molecular complexity index is 1120. The molecule has 2 aromatic carbocycles. The number of nitrogens with one attached hydrogen (secondary N) is 2. The molecule has 1 heterocycles. The predicted molar refractivity (Wildman–Crippen MR) is 123 cm³/mol. The van der Waals surface area contributed by atoms with Gasteiger partial charge in [0.15, 0.2) is 11.0 Å². The monoisotopic (exact) mass is 473 g/mol. The van der Waals surface area contributed by atoms with Crippen molar-refractivity contribution in [2.75, 3.05) is 11.1 Å². The number of thioether (sulfide) groups is 1. The van der Waals surface area contributed by atoms with Gasteiger partial charge in [-0.3, -0.25) is 9.59 Å². The van der Waals surface area contributed by atoms with Crippen LogP contribution in [0.3, 0.4) is 0 Å². The van der Waals surface area contributed by atoms with Crippen molar-refractivity contribution in [1.29, 1.82) is 0 Å². The molecule has 1 atom stereocenters. The summed E-state index contributed by atoms with van der Waals surface area (Å²) in [5.74, 6) is -0.428. The number of halogens is 2. The average molecular weight is 474 g/mol. The van der Waals surface area contributed by atoms with Crippen LogP contribution in [0.25, 0.3) is 0 Å². The highest BCUT2D eigenvalue weighted by Crippen LogP contribution is 2.22. The maximum atomic E-state index is 13.3. The number of anilines is 1. The molecular weight excluding hydrogens is 453 g/mol. The zero-order chi connectivity index (χ0) is 23.1. The van der Waals surface area contributed by atoms with Crippen molar-refractivity contribution < 1.29 is 14.0 Å². The number of aromatic nitrogens is 3. The normalized spacial score (nSPS) is 11.6. The molecule has 7 nitrogen and oxygen atoms in total. The summed E-state index contributed by atoms with van der Waals surface area (Å²) in [4.78, 5) is 24.7. The molecule has 3 rings (SSSR count). The molecule has 0 unspecified atom stereocenters. The highest BCUT2D eigenvalue weighted by Gasteiger charge is 2.20. The SMILES string of the molecule is C=CCn1c(SCC(=O)Nc2cccc(F)c2)nnc1[C@H](C)NC(=O)c1ccc(Cl)cc1. The first kappa shape index (κ1) is 23.5. The van der Waals surface area contributed by atoms with Crippen LogP contribution >= 0.6 is 23.4 Å². The lowest BCUT2D eigenvalue weighted by Crippen LogP contribution is -2.28. The number of carbonyl (C=O) groups is 2. The largest absolute Gasteiger partial charge is 0.342 e. The highest BCUT2D eigenvalue weighted by molar-refractivity contribution is 7.99. The summed E-state index contributed by atoms with van der Waals surface area (Å²) in [7, 11) is 0. The quantitative estimate of drug-likeness (QED) is 0.353. The summed E-state index contributed by atoms with van der Waals surface area (Å²) >= 11 is 7.05. The Morgan fingerprint density at radius 3 is 2.69 bits per heavy atom. The zero-order valence-corrected chi connectivity index (χ0v) is 18.8. The van der Waals surface area contributed by atoms with Gasteiger partial charge in [0.05, 0.1) is 11.8 Å². The van der Waals surface area contributed by atoms with E-state index < -0.39 is 11.9 Å². The minimum absolute atomic E-state index is 0.0529. The summed E-state index contributed by atoms with van der Waals surface area (Å²) in [5.41, 5.74) is 0.849. The molecule has 0 saturated carbocycles. The first-order valence-electron chi connectivity index (χ1n) is 9.66. The lowest BCUT2D eigenvalue weighted by Gasteiger charge is -2.15. The van der Waals surface area contributed by atoms with E-state index in [1.165, 1.54) is 30.0 Å². The number of carbonyl (C=O) groups excluding carboxylic acids is 2. The molecule has 0 saturated heterocycles. The molecule has 0 aliphatic rings. The van der Waals surface area contributed by atoms with E-state index in [1.54, 1.807) is 47.9 Å². The molecule has 0 spiro atoms. The summed E-state index contributed by atoms with van der Waals surface area (Å²) in [6.45, 7) is 5.95. The fourth-order valence-electron chi connectivity index (χ4n) is 2.87. The highest BCUT2D eigenvalue weighted by atomic mass is 35.5. The third-order valence-corrected chi connectivity index (χ3v) is 5.56. The van der Waals surface area contributed by atoms with Gasteiger partial charge in [0.1, 0.15) is 5.82 Å². The van der Waals surface area contributed by atoms with Crippen molar-refractivity contribution in [3.8, 4) is 0 Å². The van der Waals surface area contributed by atoms with Crippen LogP contribution in [0, 0.1) is 5.82 Å². The Morgan fingerprint density at radius 1 is 1.25 bits per heavy atom. The minimum atomic E-state index is -0.443. The fraction of sp³-hybridized carbons (Fsp3) is 0.182. The molecule has 0 radical (unpaired) electrons. The van der Waals surface area contributed by atoms with Gasteiger partial charge in [-0.2, -0.15) is 0 Å². The lowest BCUT2D eigenvalue weighted by molar-refractivity contribution is -0.113. The van der Waals surface area contributed by atoms with Crippen LogP contribution in [-0.2, 0) is 11.3 Å². The van der Waals surface area contributed by atoms with E-state index in [-0.39, 0.29) is 17.6 Å². The van der Waals surface area contributed by atoms with Gasteiger partial charge in [-0.1, -0.05) is 35.5 Å².